The van der Waals surface area contributed by atoms with Crippen LogP contribution in [0.2, 0.25) is 0 Å². The Balaban J connectivity index is 2.97. The van der Waals surface area contributed by atoms with Gasteiger partial charge in [-0.15, -0.1) is 0 Å². The van der Waals surface area contributed by atoms with Crippen LogP contribution in [0.4, 0.5) is 17.6 Å². The molecule has 0 aliphatic heterocycles. The second-order valence-corrected chi connectivity index (χ2v) is 6.13. The van der Waals surface area contributed by atoms with Crippen molar-refractivity contribution in [2.75, 3.05) is 6.54 Å². The Bertz CT molecular complexity index is 587. The SMILES string of the molecule is CCC(O)CCNS(=O)(=O)c1cc(C(F)(F)F)ccc1F. The summed E-state index contributed by atoms with van der Waals surface area (Å²) in [4.78, 5) is -1.07. The van der Waals surface area contributed by atoms with Gasteiger partial charge in [-0.1, -0.05) is 6.92 Å². The van der Waals surface area contributed by atoms with E-state index in [0.717, 1.165) is 0 Å². The highest BCUT2D eigenvalue weighted by atomic mass is 32.2. The van der Waals surface area contributed by atoms with Crippen LogP contribution in [0.25, 0.3) is 0 Å². The van der Waals surface area contributed by atoms with Gasteiger partial charge in [0.1, 0.15) is 10.7 Å². The minimum Gasteiger partial charge on any atom is -0.393 e. The largest absolute Gasteiger partial charge is 0.416 e. The van der Waals surface area contributed by atoms with E-state index in [4.69, 9.17) is 0 Å². The molecule has 2 N–H and O–H groups in total. The molecule has 9 heteroatoms. The summed E-state index contributed by atoms with van der Waals surface area (Å²) in [5, 5.41) is 9.27. The Morgan fingerprint density at radius 3 is 2.48 bits per heavy atom. The van der Waals surface area contributed by atoms with E-state index in [0.29, 0.717) is 18.6 Å². The number of nitrogens with one attached hydrogen (secondary N) is 1. The fraction of sp³-hybridized carbons (Fsp3) is 0.500. The van der Waals surface area contributed by atoms with E-state index < -0.39 is 38.6 Å². The summed E-state index contributed by atoms with van der Waals surface area (Å²) in [7, 11) is -4.41. The molecule has 0 radical (unpaired) electrons. The fourth-order valence-electron chi connectivity index (χ4n) is 1.53. The number of hydrogen-bond donors (Lipinski definition) is 2. The highest BCUT2D eigenvalue weighted by Crippen LogP contribution is 2.31. The third-order valence-electron chi connectivity index (χ3n) is 2.79. The van der Waals surface area contributed by atoms with Gasteiger partial charge >= 0.3 is 6.18 Å². The van der Waals surface area contributed by atoms with Crippen LogP contribution in [-0.2, 0) is 16.2 Å². The molecule has 1 atom stereocenters. The predicted octanol–water partition coefficient (Wildman–Crippen LogP) is 2.28. The molecule has 0 amide bonds. The number of halogens is 4. The molecule has 1 aromatic carbocycles. The topological polar surface area (TPSA) is 66.4 Å². The molecule has 0 aliphatic carbocycles. The lowest BCUT2D eigenvalue weighted by molar-refractivity contribution is -0.137. The summed E-state index contributed by atoms with van der Waals surface area (Å²) in [6.07, 6.45) is -5.02. The zero-order chi connectivity index (χ0) is 16.3. The Morgan fingerprint density at radius 1 is 1.33 bits per heavy atom. The van der Waals surface area contributed by atoms with E-state index in [1.54, 1.807) is 6.92 Å². The summed E-state index contributed by atoms with van der Waals surface area (Å²) >= 11 is 0. The van der Waals surface area contributed by atoms with Crippen molar-refractivity contribution in [1.82, 2.24) is 4.72 Å². The lowest BCUT2D eigenvalue weighted by Gasteiger charge is -2.12. The third kappa shape index (κ3) is 4.94. The maximum Gasteiger partial charge on any atom is 0.416 e. The monoisotopic (exact) mass is 329 g/mol. The highest BCUT2D eigenvalue weighted by Gasteiger charge is 2.33. The molecule has 1 aromatic rings. The summed E-state index contributed by atoms with van der Waals surface area (Å²) < 4.78 is 76.6. The first-order valence-electron chi connectivity index (χ1n) is 6.12. The normalized spacial score (nSPS) is 14.2. The molecule has 120 valence electrons. The summed E-state index contributed by atoms with van der Waals surface area (Å²) in [6.45, 7) is 1.48. The predicted molar refractivity (Wildman–Crippen MR) is 67.5 cm³/mol. The van der Waals surface area contributed by atoms with Gasteiger partial charge in [-0.25, -0.2) is 17.5 Å². The number of sulfonamides is 1. The molecule has 0 aliphatic rings. The Morgan fingerprint density at radius 2 is 1.95 bits per heavy atom. The van der Waals surface area contributed by atoms with E-state index in [1.165, 1.54) is 0 Å². The first-order valence-corrected chi connectivity index (χ1v) is 7.60. The highest BCUT2D eigenvalue weighted by molar-refractivity contribution is 7.89. The molecular weight excluding hydrogens is 314 g/mol. The average molecular weight is 329 g/mol. The fourth-order valence-corrected chi connectivity index (χ4v) is 2.68. The minimum absolute atomic E-state index is 0.0797. The van der Waals surface area contributed by atoms with Crippen LogP contribution in [0.3, 0.4) is 0 Å². The molecule has 0 aromatic heterocycles. The van der Waals surface area contributed by atoms with Gasteiger partial charge in [-0.2, -0.15) is 13.2 Å². The first kappa shape index (κ1) is 17.9. The van der Waals surface area contributed by atoms with Crippen LogP contribution in [0.5, 0.6) is 0 Å². The molecule has 4 nitrogen and oxygen atoms in total. The van der Waals surface area contributed by atoms with Gasteiger partial charge in [-0.3, -0.25) is 0 Å². The Kier molecular flexibility index (Phi) is 5.71. The van der Waals surface area contributed by atoms with E-state index >= 15 is 0 Å². The molecule has 0 bridgehead atoms. The number of aliphatic hydroxyl groups is 1. The summed E-state index contributed by atoms with van der Waals surface area (Å²) in [5.74, 6) is -1.27. The average Bonchev–Trinajstić information content (AvgIpc) is 2.37. The Labute approximate surface area is 119 Å². The van der Waals surface area contributed by atoms with Crippen molar-refractivity contribution < 1.29 is 31.1 Å². The van der Waals surface area contributed by atoms with E-state index in [9.17, 15) is 31.1 Å². The third-order valence-corrected chi connectivity index (χ3v) is 4.26. The van der Waals surface area contributed by atoms with Gasteiger partial charge in [0.2, 0.25) is 10.0 Å². The van der Waals surface area contributed by atoms with Crippen LogP contribution >= 0.6 is 0 Å². The molecular formula is C12H15F4NO3S. The minimum atomic E-state index is -4.77. The lowest BCUT2D eigenvalue weighted by atomic mass is 10.2. The van der Waals surface area contributed by atoms with Crippen LogP contribution in [0, 0.1) is 5.82 Å². The lowest BCUT2D eigenvalue weighted by Crippen LogP contribution is -2.28. The van der Waals surface area contributed by atoms with Gasteiger partial charge in [0, 0.05) is 6.54 Å². The zero-order valence-electron chi connectivity index (χ0n) is 11.1. The van der Waals surface area contributed by atoms with Crippen molar-refractivity contribution in [1.29, 1.82) is 0 Å². The van der Waals surface area contributed by atoms with E-state index in [2.05, 4.69) is 0 Å². The summed E-state index contributed by atoms with van der Waals surface area (Å²) in [5.41, 5.74) is -1.25. The van der Waals surface area contributed by atoms with Gasteiger partial charge in [-0.05, 0) is 31.0 Å². The molecule has 1 unspecified atom stereocenters. The van der Waals surface area contributed by atoms with Crippen molar-refractivity contribution in [2.45, 2.75) is 36.9 Å². The van der Waals surface area contributed by atoms with Crippen molar-refractivity contribution in [3.8, 4) is 0 Å². The van der Waals surface area contributed by atoms with E-state index in [1.807, 2.05) is 4.72 Å². The molecule has 1 rings (SSSR count). The standard InChI is InChI=1S/C12H15F4NO3S/c1-2-9(18)5-6-17-21(19,20)11-7-8(12(14,15)16)3-4-10(11)13/h3-4,7,9,17-18H,2,5-6H2,1H3. The smallest absolute Gasteiger partial charge is 0.393 e. The van der Waals surface area contributed by atoms with Crippen molar-refractivity contribution >= 4 is 10.0 Å². The van der Waals surface area contributed by atoms with E-state index in [-0.39, 0.29) is 19.0 Å². The first-order chi connectivity index (χ1) is 9.58. The summed E-state index contributed by atoms with van der Waals surface area (Å²) in [6, 6.07) is 1.17. The number of benzene rings is 1. The molecule has 0 spiro atoms. The number of alkyl halides is 3. The van der Waals surface area contributed by atoms with Crippen LogP contribution < -0.4 is 4.72 Å². The van der Waals surface area contributed by atoms with Crippen molar-refractivity contribution in [2.24, 2.45) is 0 Å². The van der Waals surface area contributed by atoms with Crippen LogP contribution in [-0.4, -0.2) is 26.2 Å². The molecule has 0 heterocycles. The number of rotatable bonds is 6. The van der Waals surface area contributed by atoms with Gasteiger partial charge in [0.25, 0.3) is 0 Å². The number of aliphatic hydroxyl groups excluding tert-OH is 1. The molecule has 21 heavy (non-hydrogen) atoms. The van der Waals surface area contributed by atoms with Gasteiger partial charge in [0.15, 0.2) is 0 Å². The maximum absolute atomic E-state index is 13.5. The van der Waals surface area contributed by atoms with Crippen molar-refractivity contribution in [3.63, 3.8) is 0 Å². The Hall–Kier alpha value is -1.19. The van der Waals surface area contributed by atoms with Crippen molar-refractivity contribution in [3.05, 3.63) is 29.6 Å². The number of hydrogen-bond acceptors (Lipinski definition) is 3. The van der Waals surface area contributed by atoms with Gasteiger partial charge in [0.05, 0.1) is 11.7 Å². The molecule has 0 saturated heterocycles. The van der Waals surface area contributed by atoms with Gasteiger partial charge < -0.3 is 5.11 Å². The maximum atomic E-state index is 13.5. The molecule has 0 saturated carbocycles. The quantitative estimate of drug-likeness (QED) is 0.787. The zero-order valence-corrected chi connectivity index (χ0v) is 11.9. The van der Waals surface area contributed by atoms with Crippen LogP contribution in [0.1, 0.15) is 25.3 Å². The second-order valence-electron chi connectivity index (χ2n) is 4.39. The second kappa shape index (κ2) is 6.71. The van der Waals surface area contributed by atoms with Crippen LogP contribution in [0.15, 0.2) is 23.1 Å². The molecule has 0 fully saturated rings.